The molecule has 2 rings (SSSR count). The third-order valence-corrected chi connectivity index (χ3v) is 3.77. The zero-order chi connectivity index (χ0) is 13.8. The van der Waals surface area contributed by atoms with E-state index in [1.807, 2.05) is 16.8 Å². The molecule has 0 saturated carbocycles. The van der Waals surface area contributed by atoms with Crippen molar-refractivity contribution in [1.29, 1.82) is 0 Å². The fourth-order valence-corrected chi connectivity index (χ4v) is 2.84. The maximum atomic E-state index is 12.3. The summed E-state index contributed by atoms with van der Waals surface area (Å²) >= 11 is 3.42. The summed E-state index contributed by atoms with van der Waals surface area (Å²) in [5.41, 5.74) is 0.690. The van der Waals surface area contributed by atoms with Gasteiger partial charge in [0.1, 0.15) is 5.69 Å². The van der Waals surface area contributed by atoms with Crippen molar-refractivity contribution < 1.29 is 9.53 Å². The van der Waals surface area contributed by atoms with Gasteiger partial charge in [-0.25, -0.2) is 0 Å². The second-order valence-corrected chi connectivity index (χ2v) is 5.66. The number of hydrogen-bond donors (Lipinski definition) is 2. The third-order valence-electron chi connectivity index (χ3n) is 3.34. The van der Waals surface area contributed by atoms with Gasteiger partial charge in [-0.1, -0.05) is 6.92 Å². The van der Waals surface area contributed by atoms with Crippen molar-refractivity contribution >= 4 is 21.8 Å². The minimum Gasteiger partial charge on any atom is -0.378 e. The molecule has 0 radical (unpaired) electrons. The average molecular weight is 330 g/mol. The highest BCUT2D eigenvalue weighted by Gasteiger charge is 2.29. The van der Waals surface area contributed by atoms with Gasteiger partial charge in [0.2, 0.25) is 0 Å². The number of aryl methyl sites for hydroxylation is 1. The number of nitrogens with zero attached hydrogens (tertiary/aromatic N) is 1. The molecule has 2 heterocycles. The first-order valence-corrected chi connectivity index (χ1v) is 7.35. The Balaban J connectivity index is 2.07. The SMILES string of the molecule is CCCn1cc(Br)cc1C(=O)NC1CNC[C@@H]1OC. The number of methoxy groups -OCH3 is 1. The second kappa shape index (κ2) is 6.54. The van der Waals surface area contributed by atoms with Crippen LogP contribution >= 0.6 is 15.9 Å². The van der Waals surface area contributed by atoms with Crippen molar-refractivity contribution in [2.75, 3.05) is 20.2 Å². The van der Waals surface area contributed by atoms with Gasteiger partial charge in [0.05, 0.1) is 12.1 Å². The normalized spacial score (nSPS) is 22.7. The van der Waals surface area contributed by atoms with Crippen molar-refractivity contribution in [1.82, 2.24) is 15.2 Å². The van der Waals surface area contributed by atoms with E-state index in [0.717, 1.165) is 30.5 Å². The number of carbonyl (C=O) groups is 1. The van der Waals surface area contributed by atoms with Crippen molar-refractivity contribution in [3.8, 4) is 0 Å². The first-order chi connectivity index (χ1) is 9.15. The molecule has 2 N–H and O–H groups in total. The number of hydrogen-bond acceptors (Lipinski definition) is 3. The number of aromatic nitrogens is 1. The van der Waals surface area contributed by atoms with E-state index in [1.165, 1.54) is 0 Å². The first kappa shape index (κ1) is 14.6. The molecule has 1 unspecified atom stereocenters. The molecule has 1 amide bonds. The lowest BCUT2D eigenvalue weighted by Crippen LogP contribution is -2.44. The highest BCUT2D eigenvalue weighted by molar-refractivity contribution is 9.10. The van der Waals surface area contributed by atoms with Crippen LogP contribution in [0, 0.1) is 0 Å². The van der Waals surface area contributed by atoms with Crippen LogP contribution in [-0.2, 0) is 11.3 Å². The molecule has 2 atom stereocenters. The van der Waals surface area contributed by atoms with Gasteiger partial charge in [0.15, 0.2) is 0 Å². The van der Waals surface area contributed by atoms with Crippen molar-refractivity contribution in [3.05, 3.63) is 22.4 Å². The molecule has 106 valence electrons. The Morgan fingerprint density at radius 3 is 3.11 bits per heavy atom. The maximum Gasteiger partial charge on any atom is 0.268 e. The molecule has 0 aromatic carbocycles. The summed E-state index contributed by atoms with van der Waals surface area (Å²) in [7, 11) is 1.67. The summed E-state index contributed by atoms with van der Waals surface area (Å²) in [6.45, 7) is 4.46. The summed E-state index contributed by atoms with van der Waals surface area (Å²) in [5.74, 6) is -0.0464. The van der Waals surface area contributed by atoms with Crippen molar-refractivity contribution in [3.63, 3.8) is 0 Å². The molecule has 5 nitrogen and oxygen atoms in total. The number of ether oxygens (including phenoxy) is 1. The van der Waals surface area contributed by atoms with Crippen LogP contribution in [0.2, 0.25) is 0 Å². The standard InChI is InChI=1S/C13H20BrN3O2/c1-3-4-17-8-9(14)5-11(17)13(18)16-10-6-15-7-12(10)19-2/h5,8,10,12,15H,3-4,6-7H2,1-2H3,(H,16,18)/t10?,12-/m0/s1. The van der Waals surface area contributed by atoms with Crippen LogP contribution in [0.1, 0.15) is 23.8 Å². The zero-order valence-corrected chi connectivity index (χ0v) is 12.9. The predicted molar refractivity (Wildman–Crippen MR) is 77.3 cm³/mol. The van der Waals surface area contributed by atoms with Crippen molar-refractivity contribution in [2.24, 2.45) is 0 Å². The van der Waals surface area contributed by atoms with E-state index in [2.05, 4.69) is 33.5 Å². The van der Waals surface area contributed by atoms with E-state index >= 15 is 0 Å². The van der Waals surface area contributed by atoms with Gasteiger partial charge in [-0.2, -0.15) is 0 Å². The fraction of sp³-hybridized carbons (Fsp3) is 0.615. The van der Waals surface area contributed by atoms with E-state index in [9.17, 15) is 4.79 Å². The van der Waals surface area contributed by atoms with Crippen LogP contribution in [0.25, 0.3) is 0 Å². The molecule has 1 aliphatic rings. The summed E-state index contributed by atoms with van der Waals surface area (Å²) in [6.07, 6.45) is 2.98. The number of rotatable bonds is 5. The molecule has 0 spiro atoms. The highest BCUT2D eigenvalue weighted by Crippen LogP contribution is 2.16. The van der Waals surface area contributed by atoms with Crippen molar-refractivity contribution in [2.45, 2.75) is 32.0 Å². The van der Waals surface area contributed by atoms with E-state index < -0.39 is 0 Å². The summed E-state index contributed by atoms with van der Waals surface area (Å²) in [6, 6.07) is 1.89. The second-order valence-electron chi connectivity index (χ2n) is 4.75. The Morgan fingerprint density at radius 1 is 1.63 bits per heavy atom. The predicted octanol–water partition coefficient (Wildman–Crippen LogP) is 1.38. The van der Waals surface area contributed by atoms with Gasteiger partial charge >= 0.3 is 0 Å². The van der Waals surface area contributed by atoms with Crippen LogP contribution in [0.4, 0.5) is 0 Å². The molecular formula is C13H20BrN3O2. The van der Waals surface area contributed by atoms with Crippen LogP contribution in [0.5, 0.6) is 0 Å². The lowest BCUT2D eigenvalue weighted by atomic mass is 10.2. The van der Waals surface area contributed by atoms with Gasteiger partial charge < -0.3 is 19.9 Å². The molecule has 1 aliphatic heterocycles. The topological polar surface area (TPSA) is 55.3 Å². The van der Waals surface area contributed by atoms with Gasteiger partial charge in [-0.05, 0) is 28.4 Å². The van der Waals surface area contributed by atoms with E-state index in [4.69, 9.17) is 4.74 Å². The van der Waals surface area contributed by atoms with Gasteiger partial charge in [-0.3, -0.25) is 4.79 Å². The molecule has 0 bridgehead atoms. The van der Waals surface area contributed by atoms with E-state index in [-0.39, 0.29) is 18.1 Å². The monoisotopic (exact) mass is 329 g/mol. The Kier molecular flexibility index (Phi) is 5.01. The molecular weight excluding hydrogens is 310 g/mol. The summed E-state index contributed by atoms with van der Waals surface area (Å²) in [5, 5.41) is 6.26. The minimum atomic E-state index is -0.0464. The van der Waals surface area contributed by atoms with Gasteiger partial charge in [0.25, 0.3) is 5.91 Å². The maximum absolute atomic E-state index is 12.3. The number of amides is 1. The number of nitrogens with one attached hydrogen (secondary N) is 2. The third kappa shape index (κ3) is 3.38. The average Bonchev–Trinajstić information content (AvgIpc) is 2.96. The quantitative estimate of drug-likeness (QED) is 0.858. The van der Waals surface area contributed by atoms with Gasteiger partial charge in [-0.15, -0.1) is 0 Å². The molecule has 0 aliphatic carbocycles. The minimum absolute atomic E-state index is 0.0289. The van der Waals surface area contributed by atoms with Crippen LogP contribution in [-0.4, -0.2) is 42.8 Å². The number of halogens is 1. The summed E-state index contributed by atoms with van der Waals surface area (Å²) in [4.78, 5) is 12.3. The summed E-state index contributed by atoms with van der Waals surface area (Å²) < 4.78 is 8.26. The van der Waals surface area contributed by atoms with E-state index in [0.29, 0.717) is 5.69 Å². The molecule has 1 aromatic rings. The smallest absolute Gasteiger partial charge is 0.268 e. The Labute approximate surface area is 121 Å². The highest BCUT2D eigenvalue weighted by atomic mass is 79.9. The largest absolute Gasteiger partial charge is 0.378 e. The number of carbonyl (C=O) groups excluding carboxylic acids is 1. The lowest BCUT2D eigenvalue weighted by Gasteiger charge is -2.19. The van der Waals surface area contributed by atoms with Crippen LogP contribution < -0.4 is 10.6 Å². The Morgan fingerprint density at radius 2 is 2.42 bits per heavy atom. The Hall–Kier alpha value is -0.850. The molecule has 1 fully saturated rings. The fourth-order valence-electron chi connectivity index (χ4n) is 2.38. The molecule has 1 aromatic heterocycles. The van der Waals surface area contributed by atoms with Crippen LogP contribution in [0.15, 0.2) is 16.7 Å². The lowest BCUT2D eigenvalue weighted by molar-refractivity contribution is 0.0773. The van der Waals surface area contributed by atoms with Gasteiger partial charge in [0, 0.05) is 37.4 Å². The van der Waals surface area contributed by atoms with E-state index in [1.54, 1.807) is 7.11 Å². The Bertz CT molecular complexity index is 447. The zero-order valence-electron chi connectivity index (χ0n) is 11.3. The molecule has 6 heteroatoms. The molecule has 1 saturated heterocycles. The first-order valence-electron chi connectivity index (χ1n) is 6.55. The van der Waals surface area contributed by atoms with Crippen LogP contribution in [0.3, 0.4) is 0 Å². The molecule has 19 heavy (non-hydrogen) atoms.